The van der Waals surface area contributed by atoms with Gasteiger partial charge in [0.25, 0.3) is 0 Å². The average molecular weight is 252 g/mol. The molecule has 1 aromatic heterocycles. The van der Waals surface area contributed by atoms with Gasteiger partial charge < -0.3 is 14.7 Å². The van der Waals surface area contributed by atoms with Crippen LogP contribution >= 0.6 is 0 Å². The average Bonchev–Trinajstić information content (AvgIpc) is 2.77. The molecule has 1 saturated heterocycles. The minimum Gasteiger partial charge on any atom is -0.360 e. The molecule has 0 bridgehead atoms. The van der Waals surface area contributed by atoms with Gasteiger partial charge in [0, 0.05) is 25.2 Å². The van der Waals surface area contributed by atoms with E-state index in [9.17, 15) is 0 Å². The molecule has 1 aliphatic heterocycles. The van der Waals surface area contributed by atoms with Gasteiger partial charge in [-0.3, -0.25) is 4.90 Å². The van der Waals surface area contributed by atoms with Crippen molar-refractivity contribution in [3.8, 4) is 0 Å². The Hall–Kier alpha value is -0.910. The second-order valence-electron chi connectivity index (χ2n) is 5.31. The van der Waals surface area contributed by atoms with Crippen LogP contribution in [0.1, 0.15) is 24.3 Å². The fourth-order valence-electron chi connectivity index (χ4n) is 2.51. The first-order valence-corrected chi connectivity index (χ1v) is 6.67. The van der Waals surface area contributed by atoms with E-state index >= 15 is 0 Å². The molecule has 1 fully saturated rings. The number of hydrogen-bond acceptors (Lipinski definition) is 5. The zero-order valence-electron chi connectivity index (χ0n) is 11.6. The topological polar surface area (TPSA) is 44.5 Å². The Morgan fingerprint density at radius 3 is 3.11 bits per heavy atom. The number of likely N-dealkylation sites (tertiary alicyclic amines) is 1. The number of hydrogen-bond donors (Lipinski definition) is 1. The van der Waals surface area contributed by atoms with E-state index in [2.05, 4.69) is 40.4 Å². The summed E-state index contributed by atoms with van der Waals surface area (Å²) in [4.78, 5) is 4.77. The summed E-state index contributed by atoms with van der Waals surface area (Å²) < 4.78 is 5.37. The third-order valence-corrected chi connectivity index (χ3v) is 3.56. The summed E-state index contributed by atoms with van der Waals surface area (Å²) in [6.07, 6.45) is 2.56. The van der Waals surface area contributed by atoms with Gasteiger partial charge in [-0.05, 0) is 40.5 Å². The molecule has 0 aromatic carbocycles. The Morgan fingerprint density at radius 1 is 1.56 bits per heavy atom. The smallest absolute Gasteiger partial charge is 0.151 e. The van der Waals surface area contributed by atoms with Crippen molar-refractivity contribution in [3.05, 3.63) is 17.5 Å². The van der Waals surface area contributed by atoms with Gasteiger partial charge in [0.2, 0.25) is 0 Å². The van der Waals surface area contributed by atoms with Crippen molar-refractivity contribution in [1.82, 2.24) is 20.3 Å². The summed E-state index contributed by atoms with van der Waals surface area (Å²) in [6.45, 7) is 3.92. The van der Waals surface area contributed by atoms with Gasteiger partial charge in [0.05, 0.1) is 12.2 Å². The van der Waals surface area contributed by atoms with Crippen molar-refractivity contribution in [1.29, 1.82) is 0 Å². The molecule has 5 nitrogen and oxygen atoms in total. The maximum Gasteiger partial charge on any atom is 0.151 e. The van der Waals surface area contributed by atoms with Gasteiger partial charge in [-0.1, -0.05) is 5.16 Å². The lowest BCUT2D eigenvalue weighted by Crippen LogP contribution is -2.44. The summed E-state index contributed by atoms with van der Waals surface area (Å²) >= 11 is 0. The number of nitrogens with one attached hydrogen (secondary N) is 1. The first-order valence-electron chi connectivity index (χ1n) is 6.67. The van der Waals surface area contributed by atoms with Gasteiger partial charge in [0.1, 0.15) is 0 Å². The molecular weight excluding hydrogens is 228 g/mol. The molecule has 1 aliphatic rings. The molecule has 0 radical (unpaired) electrons. The lowest BCUT2D eigenvalue weighted by Gasteiger charge is -2.35. The zero-order valence-corrected chi connectivity index (χ0v) is 11.6. The van der Waals surface area contributed by atoms with E-state index in [1.54, 1.807) is 0 Å². The first kappa shape index (κ1) is 13.5. The third-order valence-electron chi connectivity index (χ3n) is 3.56. The summed E-state index contributed by atoms with van der Waals surface area (Å²) in [7, 11) is 6.24. The monoisotopic (exact) mass is 252 g/mol. The highest BCUT2D eigenvalue weighted by Gasteiger charge is 2.22. The lowest BCUT2D eigenvalue weighted by atomic mass is 10.0. The predicted octanol–water partition coefficient (Wildman–Crippen LogP) is 0.920. The van der Waals surface area contributed by atoms with Crippen molar-refractivity contribution in [3.63, 3.8) is 0 Å². The minimum absolute atomic E-state index is 0.665. The number of aromatic nitrogens is 1. The second kappa shape index (κ2) is 6.31. The van der Waals surface area contributed by atoms with Crippen LogP contribution in [0.15, 0.2) is 10.6 Å². The van der Waals surface area contributed by atoms with Crippen molar-refractivity contribution < 1.29 is 4.52 Å². The Morgan fingerprint density at radius 2 is 2.39 bits per heavy atom. The molecule has 0 aliphatic carbocycles. The minimum atomic E-state index is 0.665. The predicted molar refractivity (Wildman–Crippen MR) is 71.3 cm³/mol. The third kappa shape index (κ3) is 3.54. The molecule has 0 spiro atoms. The maximum absolute atomic E-state index is 5.37. The normalized spacial score (nSPS) is 21.7. The molecule has 1 aromatic rings. The van der Waals surface area contributed by atoms with Crippen LogP contribution in [0.4, 0.5) is 0 Å². The summed E-state index contributed by atoms with van der Waals surface area (Å²) in [5.74, 6) is 0.972. The fourth-order valence-corrected chi connectivity index (χ4v) is 2.51. The number of piperidine rings is 1. The van der Waals surface area contributed by atoms with Crippen molar-refractivity contribution in [2.45, 2.75) is 32.0 Å². The van der Waals surface area contributed by atoms with Crippen LogP contribution in [0.5, 0.6) is 0 Å². The van der Waals surface area contributed by atoms with E-state index in [1.807, 2.05) is 7.05 Å². The van der Waals surface area contributed by atoms with Gasteiger partial charge >= 0.3 is 0 Å². The molecule has 1 atom stereocenters. The molecule has 1 N–H and O–H groups in total. The molecule has 2 heterocycles. The van der Waals surface area contributed by atoms with Crippen LogP contribution < -0.4 is 5.32 Å². The quantitative estimate of drug-likeness (QED) is 0.844. The second-order valence-corrected chi connectivity index (χ2v) is 5.31. The zero-order chi connectivity index (χ0) is 13.0. The Kier molecular flexibility index (Phi) is 4.74. The van der Waals surface area contributed by atoms with Gasteiger partial charge in [-0.25, -0.2) is 0 Å². The van der Waals surface area contributed by atoms with E-state index in [-0.39, 0.29) is 0 Å². The first-order chi connectivity index (χ1) is 8.69. The van der Waals surface area contributed by atoms with Crippen LogP contribution in [-0.2, 0) is 13.1 Å². The highest BCUT2D eigenvalue weighted by molar-refractivity contribution is 5.05. The van der Waals surface area contributed by atoms with Gasteiger partial charge in [0.15, 0.2) is 5.76 Å². The molecule has 102 valence electrons. The molecule has 0 saturated carbocycles. The van der Waals surface area contributed by atoms with Crippen molar-refractivity contribution >= 4 is 0 Å². The highest BCUT2D eigenvalue weighted by atomic mass is 16.5. The summed E-state index contributed by atoms with van der Waals surface area (Å²) in [6, 6.07) is 2.72. The van der Waals surface area contributed by atoms with Crippen molar-refractivity contribution in [2.24, 2.45) is 0 Å². The molecular formula is C13H24N4O. The highest BCUT2D eigenvalue weighted by Crippen LogP contribution is 2.16. The Balaban J connectivity index is 1.87. The van der Waals surface area contributed by atoms with Crippen LogP contribution in [0.3, 0.4) is 0 Å². The number of nitrogens with zero attached hydrogens (tertiary/aromatic N) is 3. The Labute approximate surface area is 109 Å². The maximum atomic E-state index is 5.37. The van der Waals surface area contributed by atoms with Crippen LogP contribution in [-0.4, -0.2) is 55.2 Å². The largest absolute Gasteiger partial charge is 0.360 e. The molecule has 0 amide bonds. The van der Waals surface area contributed by atoms with E-state index < -0.39 is 0 Å². The van der Waals surface area contributed by atoms with Gasteiger partial charge in [-0.15, -0.1) is 0 Å². The van der Waals surface area contributed by atoms with E-state index in [0.29, 0.717) is 6.04 Å². The fraction of sp³-hybridized carbons (Fsp3) is 0.769. The van der Waals surface area contributed by atoms with Gasteiger partial charge in [-0.2, -0.15) is 0 Å². The summed E-state index contributed by atoms with van der Waals surface area (Å²) in [5.41, 5.74) is 0.980. The molecule has 5 heteroatoms. The van der Waals surface area contributed by atoms with Crippen molar-refractivity contribution in [2.75, 3.05) is 34.2 Å². The number of rotatable bonds is 5. The molecule has 2 rings (SSSR count). The van der Waals surface area contributed by atoms with Crippen LogP contribution in [0, 0.1) is 0 Å². The van der Waals surface area contributed by atoms with Crippen LogP contribution in [0.2, 0.25) is 0 Å². The van der Waals surface area contributed by atoms with E-state index in [1.165, 1.54) is 12.8 Å². The van der Waals surface area contributed by atoms with E-state index in [4.69, 9.17) is 4.52 Å². The Bertz CT molecular complexity index is 364. The van der Waals surface area contributed by atoms with E-state index in [0.717, 1.165) is 37.6 Å². The molecule has 18 heavy (non-hydrogen) atoms. The SMILES string of the molecule is CNCc1cc(CN2CCCC(N(C)C)C2)on1. The van der Waals surface area contributed by atoms with Crippen LogP contribution in [0.25, 0.3) is 0 Å². The number of likely N-dealkylation sites (N-methyl/N-ethyl adjacent to an activating group) is 1. The lowest BCUT2D eigenvalue weighted by molar-refractivity contribution is 0.119. The standard InChI is InChI=1S/C13H24N4O/c1-14-8-11-7-13(18-15-11)10-17-6-4-5-12(9-17)16(2)3/h7,12,14H,4-6,8-10H2,1-3H3. The summed E-state index contributed by atoms with van der Waals surface area (Å²) in [5, 5.41) is 7.13. The molecule has 1 unspecified atom stereocenters.